The van der Waals surface area contributed by atoms with Gasteiger partial charge in [0.2, 0.25) is 0 Å². The Morgan fingerprint density at radius 2 is 1.70 bits per heavy atom. The zero-order valence-electron chi connectivity index (χ0n) is 12.8. The molecule has 0 unspecified atom stereocenters. The summed E-state index contributed by atoms with van der Waals surface area (Å²) >= 11 is 0. The van der Waals surface area contributed by atoms with Crippen molar-refractivity contribution in [2.75, 3.05) is 6.54 Å². The normalized spacial score (nSPS) is 10.6. The Bertz CT molecular complexity index is 717. The van der Waals surface area contributed by atoms with Crippen LogP contribution in [0.3, 0.4) is 0 Å². The van der Waals surface area contributed by atoms with Crippen LogP contribution in [0.1, 0.15) is 22.3 Å². The Balaban J connectivity index is 1.45. The zero-order chi connectivity index (χ0) is 15.9. The standard InChI is InChI=1S/C17H19N5O/c23-17(18-8-1-11-21-12-2-9-19-21)16-6-4-15(5-7-16)14-22-13-3-10-20-22/h2-7,9-10,12-13H,1,8,11,14H2,(H,18,23). The third-order valence-corrected chi connectivity index (χ3v) is 3.53. The third-order valence-electron chi connectivity index (χ3n) is 3.53. The fourth-order valence-corrected chi connectivity index (χ4v) is 2.32. The van der Waals surface area contributed by atoms with Gasteiger partial charge in [0.1, 0.15) is 0 Å². The molecule has 0 bridgehead atoms. The van der Waals surface area contributed by atoms with Gasteiger partial charge >= 0.3 is 0 Å². The van der Waals surface area contributed by atoms with Gasteiger partial charge in [-0.1, -0.05) is 12.1 Å². The van der Waals surface area contributed by atoms with E-state index in [2.05, 4.69) is 15.5 Å². The Hall–Kier alpha value is -2.89. The number of hydrogen-bond donors (Lipinski definition) is 1. The number of amides is 1. The first-order chi connectivity index (χ1) is 11.3. The van der Waals surface area contributed by atoms with Crippen molar-refractivity contribution in [2.24, 2.45) is 0 Å². The summed E-state index contributed by atoms with van der Waals surface area (Å²) in [7, 11) is 0. The van der Waals surface area contributed by atoms with Crippen molar-refractivity contribution in [2.45, 2.75) is 19.5 Å². The smallest absolute Gasteiger partial charge is 0.251 e. The molecule has 0 radical (unpaired) electrons. The summed E-state index contributed by atoms with van der Waals surface area (Å²) in [4.78, 5) is 12.1. The average molecular weight is 309 g/mol. The molecular formula is C17H19N5O. The quantitative estimate of drug-likeness (QED) is 0.678. The summed E-state index contributed by atoms with van der Waals surface area (Å²) in [5, 5.41) is 11.2. The van der Waals surface area contributed by atoms with Gasteiger partial charge in [-0.15, -0.1) is 0 Å². The highest BCUT2D eigenvalue weighted by Gasteiger charge is 2.05. The molecule has 118 valence electrons. The largest absolute Gasteiger partial charge is 0.352 e. The molecule has 0 aliphatic carbocycles. The van der Waals surface area contributed by atoms with Crippen LogP contribution in [0.4, 0.5) is 0 Å². The van der Waals surface area contributed by atoms with E-state index in [1.807, 2.05) is 58.2 Å². The van der Waals surface area contributed by atoms with Gasteiger partial charge in [-0.25, -0.2) is 0 Å². The molecular weight excluding hydrogens is 290 g/mol. The van der Waals surface area contributed by atoms with E-state index >= 15 is 0 Å². The lowest BCUT2D eigenvalue weighted by Gasteiger charge is -2.07. The Labute approximate surface area is 134 Å². The van der Waals surface area contributed by atoms with E-state index < -0.39 is 0 Å². The maximum Gasteiger partial charge on any atom is 0.251 e. The molecule has 1 amide bonds. The van der Waals surface area contributed by atoms with E-state index in [1.165, 1.54) is 0 Å². The van der Waals surface area contributed by atoms with E-state index in [1.54, 1.807) is 12.4 Å². The summed E-state index contributed by atoms with van der Waals surface area (Å²) in [6.07, 6.45) is 8.19. The maximum absolute atomic E-state index is 12.1. The number of carbonyl (C=O) groups excluding carboxylic acids is 1. The summed E-state index contributed by atoms with van der Waals surface area (Å²) in [5.41, 5.74) is 1.79. The summed E-state index contributed by atoms with van der Waals surface area (Å²) in [6.45, 7) is 2.14. The lowest BCUT2D eigenvalue weighted by molar-refractivity contribution is 0.0952. The monoisotopic (exact) mass is 309 g/mol. The molecule has 0 fully saturated rings. The number of carbonyl (C=O) groups is 1. The van der Waals surface area contributed by atoms with Crippen LogP contribution in [0.25, 0.3) is 0 Å². The third kappa shape index (κ3) is 4.29. The van der Waals surface area contributed by atoms with E-state index in [9.17, 15) is 4.79 Å². The van der Waals surface area contributed by atoms with Gasteiger partial charge in [0.05, 0.1) is 6.54 Å². The first-order valence-electron chi connectivity index (χ1n) is 7.63. The molecule has 0 saturated heterocycles. The molecule has 2 heterocycles. The molecule has 1 N–H and O–H groups in total. The Kier molecular flexibility index (Phi) is 4.83. The van der Waals surface area contributed by atoms with E-state index in [-0.39, 0.29) is 5.91 Å². The van der Waals surface area contributed by atoms with Crippen LogP contribution in [0.15, 0.2) is 61.2 Å². The van der Waals surface area contributed by atoms with Gasteiger partial charge in [-0.3, -0.25) is 14.2 Å². The fourth-order valence-electron chi connectivity index (χ4n) is 2.32. The van der Waals surface area contributed by atoms with E-state index in [0.29, 0.717) is 18.7 Å². The number of benzene rings is 1. The second-order valence-corrected chi connectivity index (χ2v) is 5.28. The Morgan fingerprint density at radius 1 is 1.00 bits per heavy atom. The minimum atomic E-state index is -0.0453. The van der Waals surface area contributed by atoms with Gasteiger partial charge in [-0.2, -0.15) is 10.2 Å². The minimum Gasteiger partial charge on any atom is -0.352 e. The summed E-state index contributed by atoms with van der Waals surface area (Å²) in [6, 6.07) is 11.4. The number of aryl methyl sites for hydroxylation is 1. The van der Waals surface area contributed by atoms with Crippen molar-refractivity contribution in [3.8, 4) is 0 Å². The molecule has 0 atom stereocenters. The zero-order valence-corrected chi connectivity index (χ0v) is 12.8. The Morgan fingerprint density at radius 3 is 2.35 bits per heavy atom. The highest BCUT2D eigenvalue weighted by molar-refractivity contribution is 5.94. The first-order valence-corrected chi connectivity index (χ1v) is 7.63. The lowest BCUT2D eigenvalue weighted by Crippen LogP contribution is -2.25. The molecule has 0 spiro atoms. The molecule has 2 aromatic heterocycles. The molecule has 6 nitrogen and oxygen atoms in total. The van der Waals surface area contributed by atoms with Crippen molar-refractivity contribution in [1.29, 1.82) is 0 Å². The van der Waals surface area contributed by atoms with Crippen molar-refractivity contribution < 1.29 is 4.79 Å². The second kappa shape index (κ2) is 7.40. The average Bonchev–Trinajstić information content (AvgIpc) is 3.26. The predicted octanol–water partition coefficient (Wildman–Crippen LogP) is 1.95. The molecule has 3 rings (SSSR count). The van der Waals surface area contributed by atoms with Crippen LogP contribution in [-0.2, 0) is 13.1 Å². The van der Waals surface area contributed by atoms with Gasteiger partial charge in [0.25, 0.3) is 5.91 Å². The molecule has 0 aliphatic rings. The number of nitrogens with zero attached hydrogens (tertiary/aromatic N) is 4. The number of hydrogen-bond acceptors (Lipinski definition) is 3. The summed E-state index contributed by atoms with van der Waals surface area (Å²) in [5.74, 6) is -0.0453. The molecule has 1 aromatic carbocycles. The van der Waals surface area contributed by atoms with Gasteiger partial charge in [-0.05, 0) is 36.2 Å². The lowest BCUT2D eigenvalue weighted by atomic mass is 10.1. The molecule has 3 aromatic rings. The van der Waals surface area contributed by atoms with Crippen LogP contribution in [0, 0.1) is 0 Å². The number of aromatic nitrogens is 4. The van der Waals surface area contributed by atoms with Crippen LogP contribution in [0.5, 0.6) is 0 Å². The van der Waals surface area contributed by atoms with Crippen molar-refractivity contribution in [3.05, 3.63) is 72.3 Å². The second-order valence-electron chi connectivity index (χ2n) is 5.28. The number of rotatable bonds is 7. The molecule has 23 heavy (non-hydrogen) atoms. The minimum absolute atomic E-state index is 0.0453. The number of nitrogens with one attached hydrogen (secondary N) is 1. The van der Waals surface area contributed by atoms with Crippen LogP contribution < -0.4 is 5.32 Å². The van der Waals surface area contributed by atoms with Crippen molar-refractivity contribution >= 4 is 5.91 Å². The van der Waals surface area contributed by atoms with Gasteiger partial charge in [0.15, 0.2) is 0 Å². The highest BCUT2D eigenvalue weighted by Crippen LogP contribution is 2.06. The van der Waals surface area contributed by atoms with E-state index in [0.717, 1.165) is 18.5 Å². The summed E-state index contributed by atoms with van der Waals surface area (Å²) < 4.78 is 3.71. The van der Waals surface area contributed by atoms with Crippen molar-refractivity contribution in [1.82, 2.24) is 24.9 Å². The molecule has 6 heteroatoms. The van der Waals surface area contributed by atoms with Crippen molar-refractivity contribution in [3.63, 3.8) is 0 Å². The van der Waals surface area contributed by atoms with Crippen LogP contribution >= 0.6 is 0 Å². The van der Waals surface area contributed by atoms with Crippen LogP contribution in [-0.4, -0.2) is 32.0 Å². The predicted molar refractivity (Wildman–Crippen MR) is 86.9 cm³/mol. The highest BCUT2D eigenvalue weighted by atomic mass is 16.1. The van der Waals surface area contributed by atoms with E-state index in [4.69, 9.17) is 0 Å². The SMILES string of the molecule is O=C(NCCCn1cccn1)c1ccc(Cn2cccn2)cc1. The fraction of sp³-hybridized carbons (Fsp3) is 0.235. The van der Waals surface area contributed by atoms with Gasteiger partial charge in [0, 0.05) is 43.4 Å². The molecule has 0 aliphatic heterocycles. The maximum atomic E-state index is 12.1. The first kappa shape index (κ1) is 15.0. The topological polar surface area (TPSA) is 64.7 Å². The van der Waals surface area contributed by atoms with Crippen LogP contribution in [0.2, 0.25) is 0 Å². The van der Waals surface area contributed by atoms with Gasteiger partial charge < -0.3 is 5.32 Å². The molecule has 0 saturated carbocycles.